The van der Waals surface area contributed by atoms with E-state index in [0.29, 0.717) is 6.07 Å². The fraction of sp³-hybridized carbons (Fsp3) is 0. The van der Waals surface area contributed by atoms with Gasteiger partial charge in [-0.25, -0.2) is 14.0 Å². The van der Waals surface area contributed by atoms with Crippen LogP contribution in [0.25, 0.3) is 0 Å². The number of aromatic carboxylic acids is 2. The quantitative estimate of drug-likeness (QED) is 0.737. The topological polar surface area (TPSA) is 101 Å². The highest BCUT2D eigenvalue weighted by Gasteiger charge is 2.19. The molecule has 1 aromatic rings. The predicted octanol–water partition coefficient (Wildman–Crippen LogP) is 0.757. The lowest BCUT2D eigenvalue weighted by Crippen LogP contribution is -2.07. The average molecular weight is 228 g/mol. The lowest BCUT2D eigenvalue weighted by Gasteiger charge is -2.05. The number of ether oxygens (including phenoxy) is 1. The lowest BCUT2D eigenvalue weighted by molar-refractivity contribution is -0.120. The van der Waals surface area contributed by atoms with Crippen LogP contribution >= 0.6 is 0 Å². The van der Waals surface area contributed by atoms with E-state index in [9.17, 15) is 18.8 Å². The Balaban J connectivity index is 3.44. The van der Waals surface area contributed by atoms with Crippen LogP contribution in [0.2, 0.25) is 0 Å². The highest BCUT2D eigenvalue weighted by atomic mass is 19.1. The summed E-state index contributed by atoms with van der Waals surface area (Å²) >= 11 is 0. The van der Waals surface area contributed by atoms with Crippen molar-refractivity contribution in [1.29, 1.82) is 0 Å². The van der Waals surface area contributed by atoms with Gasteiger partial charge in [-0.1, -0.05) is 0 Å². The summed E-state index contributed by atoms with van der Waals surface area (Å²) in [4.78, 5) is 31.2. The normalized spacial score (nSPS) is 9.56. The van der Waals surface area contributed by atoms with Crippen LogP contribution in [0.15, 0.2) is 12.1 Å². The Labute approximate surface area is 87.9 Å². The van der Waals surface area contributed by atoms with Crippen LogP contribution in [0.5, 0.6) is 5.75 Å². The first-order valence-electron chi connectivity index (χ1n) is 3.87. The highest BCUT2D eigenvalue weighted by molar-refractivity contribution is 5.94. The van der Waals surface area contributed by atoms with Gasteiger partial charge < -0.3 is 14.9 Å². The zero-order valence-corrected chi connectivity index (χ0v) is 7.64. The van der Waals surface area contributed by atoms with Gasteiger partial charge in [-0.05, 0) is 12.1 Å². The number of hydrogen-bond donors (Lipinski definition) is 2. The second-order valence-electron chi connectivity index (χ2n) is 2.66. The molecule has 7 heteroatoms. The van der Waals surface area contributed by atoms with Crippen molar-refractivity contribution < 1.29 is 33.7 Å². The Morgan fingerprint density at radius 3 is 2.31 bits per heavy atom. The molecule has 6 nitrogen and oxygen atoms in total. The number of benzene rings is 1. The van der Waals surface area contributed by atoms with E-state index in [4.69, 9.17) is 10.2 Å². The molecule has 1 rings (SSSR count). The third kappa shape index (κ3) is 2.14. The zero-order valence-electron chi connectivity index (χ0n) is 7.64. The van der Waals surface area contributed by atoms with Gasteiger partial charge in [-0.15, -0.1) is 0 Å². The minimum atomic E-state index is -1.66. The fourth-order valence-corrected chi connectivity index (χ4v) is 1.01. The summed E-state index contributed by atoms with van der Waals surface area (Å²) in [6, 6.07) is 1.36. The van der Waals surface area contributed by atoms with Crippen LogP contribution in [0.1, 0.15) is 20.7 Å². The van der Waals surface area contributed by atoms with Crippen LogP contribution < -0.4 is 4.74 Å². The molecule has 0 aliphatic heterocycles. The molecule has 84 valence electrons. The molecule has 0 fully saturated rings. The summed E-state index contributed by atoms with van der Waals surface area (Å²) in [5.74, 6) is -5.16. The number of hydrogen-bond acceptors (Lipinski definition) is 4. The molecule has 0 bridgehead atoms. The molecular formula is C9H5FO6. The monoisotopic (exact) mass is 228 g/mol. The van der Waals surface area contributed by atoms with Gasteiger partial charge in [0.25, 0.3) is 6.47 Å². The Kier molecular flexibility index (Phi) is 3.19. The minimum absolute atomic E-state index is 0.129. The van der Waals surface area contributed by atoms with Crippen LogP contribution in [0.3, 0.4) is 0 Å². The molecule has 1 aromatic carbocycles. The number of carbonyl (C=O) groups is 3. The number of carboxylic acids is 2. The van der Waals surface area contributed by atoms with Gasteiger partial charge in [0.2, 0.25) is 0 Å². The molecule has 0 aliphatic rings. The second kappa shape index (κ2) is 4.39. The highest BCUT2D eigenvalue weighted by Crippen LogP contribution is 2.23. The molecule has 2 N–H and O–H groups in total. The predicted molar refractivity (Wildman–Crippen MR) is 47.0 cm³/mol. The second-order valence-corrected chi connectivity index (χ2v) is 2.66. The van der Waals surface area contributed by atoms with Crippen molar-refractivity contribution in [3.63, 3.8) is 0 Å². The molecule has 0 saturated carbocycles. The van der Waals surface area contributed by atoms with Crippen LogP contribution in [-0.4, -0.2) is 28.6 Å². The first kappa shape index (κ1) is 11.6. The SMILES string of the molecule is O=COc1cc(C(=O)O)cc(C(=O)O)c1F. The van der Waals surface area contributed by atoms with Gasteiger partial charge >= 0.3 is 11.9 Å². The first-order chi connectivity index (χ1) is 7.47. The van der Waals surface area contributed by atoms with Crippen LogP contribution in [-0.2, 0) is 4.79 Å². The molecule has 16 heavy (non-hydrogen) atoms. The van der Waals surface area contributed by atoms with Gasteiger partial charge in [0, 0.05) is 0 Å². The summed E-state index contributed by atoms with van der Waals surface area (Å²) in [7, 11) is 0. The molecule has 0 heterocycles. The van der Waals surface area contributed by atoms with Crippen LogP contribution in [0, 0.1) is 5.82 Å². The van der Waals surface area contributed by atoms with Crippen molar-refractivity contribution in [3.8, 4) is 5.75 Å². The summed E-state index contributed by atoms with van der Waals surface area (Å²) in [5.41, 5.74) is -1.37. The molecule has 0 unspecified atom stereocenters. The van der Waals surface area contributed by atoms with Crippen molar-refractivity contribution in [1.82, 2.24) is 0 Å². The molecule has 0 spiro atoms. The van der Waals surface area contributed by atoms with E-state index in [2.05, 4.69) is 4.74 Å². The Morgan fingerprint density at radius 1 is 1.25 bits per heavy atom. The largest absolute Gasteiger partial charge is 0.478 e. The van der Waals surface area contributed by atoms with E-state index in [1.165, 1.54) is 0 Å². The van der Waals surface area contributed by atoms with E-state index in [0.717, 1.165) is 6.07 Å². The summed E-state index contributed by atoms with van der Waals surface area (Å²) in [6.07, 6.45) is 0. The minimum Gasteiger partial charge on any atom is -0.478 e. The van der Waals surface area contributed by atoms with Gasteiger partial charge in [0.15, 0.2) is 11.6 Å². The Hall–Kier alpha value is -2.44. The van der Waals surface area contributed by atoms with Crippen molar-refractivity contribution in [2.75, 3.05) is 0 Å². The molecule has 0 radical (unpaired) electrons. The van der Waals surface area contributed by atoms with Gasteiger partial charge in [0.05, 0.1) is 11.1 Å². The maximum absolute atomic E-state index is 13.3. The summed E-state index contributed by atoms with van der Waals surface area (Å²) in [6.45, 7) is -0.129. The molecule has 0 aromatic heterocycles. The maximum Gasteiger partial charge on any atom is 0.338 e. The number of halogens is 1. The smallest absolute Gasteiger partial charge is 0.338 e. The number of carbonyl (C=O) groups excluding carboxylic acids is 1. The van der Waals surface area contributed by atoms with Crippen molar-refractivity contribution in [3.05, 3.63) is 29.1 Å². The zero-order chi connectivity index (χ0) is 12.3. The van der Waals surface area contributed by atoms with Crippen molar-refractivity contribution in [2.45, 2.75) is 0 Å². The van der Waals surface area contributed by atoms with E-state index < -0.39 is 34.6 Å². The Bertz CT molecular complexity index is 467. The van der Waals surface area contributed by atoms with Crippen molar-refractivity contribution >= 4 is 18.4 Å². The van der Waals surface area contributed by atoms with Gasteiger partial charge in [0.1, 0.15) is 0 Å². The average Bonchev–Trinajstić information content (AvgIpc) is 2.20. The molecule has 0 aliphatic carbocycles. The third-order valence-corrected chi connectivity index (χ3v) is 1.69. The Morgan fingerprint density at radius 2 is 1.88 bits per heavy atom. The van der Waals surface area contributed by atoms with E-state index in [1.54, 1.807) is 0 Å². The van der Waals surface area contributed by atoms with E-state index >= 15 is 0 Å². The molecular weight excluding hydrogens is 223 g/mol. The third-order valence-electron chi connectivity index (χ3n) is 1.69. The summed E-state index contributed by atoms with van der Waals surface area (Å²) in [5, 5.41) is 17.2. The molecule has 0 atom stereocenters. The standard InChI is InChI=1S/C9H5FO6/c10-7-5(9(14)15)1-4(8(12)13)2-6(7)16-3-11/h1-3H,(H,12,13)(H,14,15). The van der Waals surface area contributed by atoms with Gasteiger partial charge in [-0.3, -0.25) is 4.79 Å². The molecule has 0 saturated heterocycles. The fourth-order valence-electron chi connectivity index (χ4n) is 1.01. The maximum atomic E-state index is 13.3. The van der Waals surface area contributed by atoms with Gasteiger partial charge in [-0.2, -0.15) is 0 Å². The van der Waals surface area contributed by atoms with Crippen LogP contribution in [0.4, 0.5) is 4.39 Å². The van der Waals surface area contributed by atoms with E-state index in [1.807, 2.05) is 0 Å². The first-order valence-corrected chi connectivity index (χ1v) is 3.87. The summed E-state index contributed by atoms with van der Waals surface area (Å²) < 4.78 is 17.4. The lowest BCUT2D eigenvalue weighted by atomic mass is 10.1. The number of carboxylic acid groups (broad SMARTS) is 2. The van der Waals surface area contributed by atoms with Crippen molar-refractivity contribution in [2.24, 2.45) is 0 Å². The number of rotatable bonds is 4. The molecule has 0 amide bonds. The van der Waals surface area contributed by atoms with E-state index in [-0.39, 0.29) is 6.47 Å².